The second-order valence-corrected chi connectivity index (χ2v) is 7.10. The molecule has 1 amide bonds. The lowest BCUT2D eigenvalue weighted by atomic mass is 10.2. The number of benzene rings is 1. The molecule has 1 saturated heterocycles. The van der Waals surface area contributed by atoms with Gasteiger partial charge in [-0.2, -0.15) is 0 Å². The van der Waals surface area contributed by atoms with Gasteiger partial charge in [-0.15, -0.1) is 0 Å². The third-order valence-corrected chi connectivity index (χ3v) is 4.81. The van der Waals surface area contributed by atoms with Crippen LogP contribution < -0.4 is 4.90 Å². The zero-order chi connectivity index (χ0) is 17.8. The number of anilines is 1. The molecule has 0 radical (unpaired) electrons. The number of amides is 1. The first-order valence-electron chi connectivity index (χ1n) is 8.35. The van der Waals surface area contributed by atoms with Crippen LogP contribution in [0.5, 0.6) is 0 Å². The molecule has 0 atom stereocenters. The largest absolute Gasteiger partial charge is 0.368 e. The molecule has 1 aliphatic rings. The van der Waals surface area contributed by atoms with E-state index in [4.69, 9.17) is 0 Å². The normalized spacial score (nSPS) is 14.7. The Morgan fingerprint density at radius 3 is 2.48 bits per heavy atom. The highest BCUT2D eigenvalue weighted by Crippen LogP contribution is 2.19. The molecule has 7 heteroatoms. The van der Waals surface area contributed by atoms with E-state index in [0.717, 1.165) is 30.2 Å². The minimum absolute atomic E-state index is 0.0535. The van der Waals surface area contributed by atoms with E-state index in [9.17, 15) is 9.18 Å². The van der Waals surface area contributed by atoms with E-state index in [-0.39, 0.29) is 11.7 Å². The number of thioether (sulfide) groups is 1. The highest BCUT2D eigenvalue weighted by Gasteiger charge is 2.24. The Hall–Kier alpha value is -2.15. The summed E-state index contributed by atoms with van der Waals surface area (Å²) < 4.78 is 13.0. The first kappa shape index (κ1) is 17.7. The van der Waals surface area contributed by atoms with Crippen molar-refractivity contribution in [2.24, 2.45) is 0 Å². The maximum Gasteiger partial charge on any atom is 0.272 e. The van der Waals surface area contributed by atoms with E-state index in [1.165, 1.54) is 23.9 Å². The fourth-order valence-corrected chi connectivity index (χ4v) is 3.46. The molecule has 1 fully saturated rings. The van der Waals surface area contributed by atoms with Gasteiger partial charge in [0, 0.05) is 37.6 Å². The van der Waals surface area contributed by atoms with Crippen LogP contribution in [0.4, 0.5) is 10.1 Å². The molecule has 0 unspecified atom stereocenters. The lowest BCUT2D eigenvalue weighted by Gasteiger charge is -2.36. The summed E-state index contributed by atoms with van der Waals surface area (Å²) in [6, 6.07) is 8.21. The van der Waals surface area contributed by atoms with Crippen molar-refractivity contribution in [3.8, 4) is 0 Å². The van der Waals surface area contributed by atoms with Crippen molar-refractivity contribution in [1.29, 1.82) is 0 Å². The molecule has 1 aromatic heterocycles. The maximum atomic E-state index is 13.0. The summed E-state index contributed by atoms with van der Waals surface area (Å²) in [6.45, 7) is 6.60. The van der Waals surface area contributed by atoms with Crippen molar-refractivity contribution in [2.45, 2.75) is 19.0 Å². The second kappa shape index (κ2) is 7.82. The van der Waals surface area contributed by atoms with Crippen molar-refractivity contribution in [1.82, 2.24) is 14.9 Å². The molecule has 25 heavy (non-hydrogen) atoms. The zero-order valence-electron chi connectivity index (χ0n) is 14.4. The number of piperazine rings is 1. The summed E-state index contributed by atoms with van der Waals surface area (Å²) in [7, 11) is 0. The van der Waals surface area contributed by atoms with Gasteiger partial charge in [0.2, 0.25) is 0 Å². The average molecular weight is 360 g/mol. The highest BCUT2D eigenvalue weighted by atomic mass is 32.2. The van der Waals surface area contributed by atoms with Crippen LogP contribution in [0.1, 0.15) is 23.1 Å². The Bertz CT molecular complexity index is 745. The number of nitrogens with zero attached hydrogens (tertiary/aromatic N) is 4. The number of hydrogen-bond acceptors (Lipinski definition) is 5. The lowest BCUT2D eigenvalue weighted by Crippen LogP contribution is -2.49. The third kappa shape index (κ3) is 4.28. The van der Waals surface area contributed by atoms with Gasteiger partial charge in [-0.25, -0.2) is 14.4 Å². The molecule has 132 valence electrons. The van der Waals surface area contributed by atoms with Crippen LogP contribution in [-0.2, 0) is 0 Å². The minimum Gasteiger partial charge on any atom is -0.368 e. The molecule has 5 nitrogen and oxygen atoms in total. The van der Waals surface area contributed by atoms with Crippen LogP contribution in [0, 0.1) is 12.7 Å². The van der Waals surface area contributed by atoms with Gasteiger partial charge < -0.3 is 9.80 Å². The van der Waals surface area contributed by atoms with Crippen molar-refractivity contribution in [3.63, 3.8) is 0 Å². The molecule has 2 aromatic rings. The number of carbonyl (C=O) groups excluding carboxylic acids is 1. The van der Waals surface area contributed by atoms with Crippen molar-refractivity contribution in [3.05, 3.63) is 47.5 Å². The zero-order valence-corrected chi connectivity index (χ0v) is 15.2. The summed E-state index contributed by atoms with van der Waals surface area (Å²) in [5, 5.41) is 0.649. The molecule has 1 aromatic carbocycles. The molecule has 3 rings (SSSR count). The first-order valence-corrected chi connectivity index (χ1v) is 9.33. The molecule has 0 bridgehead atoms. The molecule has 1 aliphatic heterocycles. The van der Waals surface area contributed by atoms with Gasteiger partial charge in [0.15, 0.2) is 5.16 Å². The Morgan fingerprint density at radius 1 is 1.16 bits per heavy atom. The van der Waals surface area contributed by atoms with Crippen LogP contribution in [-0.4, -0.2) is 52.7 Å². The van der Waals surface area contributed by atoms with Gasteiger partial charge in [-0.3, -0.25) is 4.79 Å². The fourth-order valence-electron chi connectivity index (χ4n) is 2.83. The molecule has 2 heterocycles. The predicted molar refractivity (Wildman–Crippen MR) is 97.7 cm³/mol. The SMILES string of the molecule is CCSc1nc(C)cc(C(=O)N2CCN(c3ccc(F)cc3)CC2)n1. The Kier molecular flexibility index (Phi) is 5.53. The average Bonchev–Trinajstić information content (AvgIpc) is 2.62. The molecule has 0 aliphatic carbocycles. The van der Waals surface area contributed by atoms with Crippen molar-refractivity contribution >= 4 is 23.4 Å². The highest BCUT2D eigenvalue weighted by molar-refractivity contribution is 7.99. The minimum atomic E-state index is -0.238. The third-order valence-electron chi connectivity index (χ3n) is 4.08. The molecule has 0 N–H and O–H groups in total. The van der Waals surface area contributed by atoms with E-state index in [2.05, 4.69) is 14.9 Å². The fraction of sp³-hybridized carbons (Fsp3) is 0.389. The van der Waals surface area contributed by atoms with Crippen LogP contribution in [0.25, 0.3) is 0 Å². The summed E-state index contributed by atoms with van der Waals surface area (Å²) in [4.78, 5) is 25.5. The monoisotopic (exact) mass is 360 g/mol. The predicted octanol–water partition coefficient (Wildman–Crippen LogP) is 3.00. The number of halogens is 1. The van der Waals surface area contributed by atoms with E-state index < -0.39 is 0 Å². The van der Waals surface area contributed by atoms with E-state index in [1.54, 1.807) is 18.2 Å². The van der Waals surface area contributed by atoms with E-state index >= 15 is 0 Å². The molecular formula is C18H21FN4OS. The van der Waals surface area contributed by atoms with Crippen LogP contribution in [0.3, 0.4) is 0 Å². The Labute approximate surface area is 151 Å². The summed E-state index contributed by atoms with van der Waals surface area (Å²) in [6.07, 6.45) is 0. The summed E-state index contributed by atoms with van der Waals surface area (Å²) in [5.74, 6) is 0.576. The van der Waals surface area contributed by atoms with E-state index in [0.29, 0.717) is 23.9 Å². The second-order valence-electron chi connectivity index (χ2n) is 5.87. The molecule has 0 saturated carbocycles. The number of aromatic nitrogens is 2. The maximum absolute atomic E-state index is 13.0. The number of rotatable bonds is 4. The Morgan fingerprint density at radius 2 is 1.84 bits per heavy atom. The lowest BCUT2D eigenvalue weighted by molar-refractivity contribution is 0.0739. The van der Waals surface area contributed by atoms with Gasteiger partial charge >= 0.3 is 0 Å². The van der Waals surface area contributed by atoms with Gasteiger partial charge in [0.1, 0.15) is 11.5 Å². The van der Waals surface area contributed by atoms with E-state index in [1.807, 2.05) is 18.7 Å². The number of carbonyl (C=O) groups is 1. The quantitative estimate of drug-likeness (QED) is 0.620. The molecular weight excluding hydrogens is 339 g/mol. The van der Waals surface area contributed by atoms with Crippen molar-refractivity contribution < 1.29 is 9.18 Å². The first-order chi connectivity index (χ1) is 12.1. The number of aryl methyl sites for hydroxylation is 1. The Balaban J connectivity index is 1.66. The smallest absolute Gasteiger partial charge is 0.272 e. The molecule has 0 spiro atoms. The van der Waals surface area contributed by atoms with Crippen molar-refractivity contribution in [2.75, 3.05) is 36.8 Å². The van der Waals surface area contributed by atoms with Crippen LogP contribution in [0.15, 0.2) is 35.5 Å². The number of hydrogen-bond donors (Lipinski definition) is 0. The summed E-state index contributed by atoms with van der Waals surface area (Å²) >= 11 is 1.53. The standard InChI is InChI=1S/C18H21FN4OS/c1-3-25-18-20-13(2)12-16(21-18)17(24)23-10-8-22(9-11-23)15-6-4-14(19)5-7-15/h4-7,12H,3,8-11H2,1-2H3. The topological polar surface area (TPSA) is 49.3 Å². The van der Waals surface area contributed by atoms with Gasteiger partial charge in [0.25, 0.3) is 5.91 Å². The van der Waals surface area contributed by atoms with Crippen LogP contribution >= 0.6 is 11.8 Å². The van der Waals surface area contributed by atoms with Crippen LogP contribution in [0.2, 0.25) is 0 Å². The van der Waals surface area contributed by atoms with Gasteiger partial charge in [0.05, 0.1) is 0 Å². The van der Waals surface area contributed by atoms with Gasteiger partial charge in [-0.1, -0.05) is 18.7 Å². The summed E-state index contributed by atoms with van der Waals surface area (Å²) in [5.41, 5.74) is 2.24. The van der Waals surface area contributed by atoms with Gasteiger partial charge in [-0.05, 0) is 43.0 Å².